The van der Waals surface area contributed by atoms with E-state index in [4.69, 9.17) is 9.26 Å². The molecule has 0 saturated carbocycles. The molecule has 1 atom stereocenters. The maximum absolute atomic E-state index is 11.8. The summed E-state index contributed by atoms with van der Waals surface area (Å²) in [4.78, 5) is 11.8. The van der Waals surface area contributed by atoms with E-state index in [0.717, 1.165) is 43.7 Å². The zero-order valence-electron chi connectivity index (χ0n) is 11.5. The maximum Gasteiger partial charge on any atom is 0.220 e. The van der Waals surface area contributed by atoms with Crippen LogP contribution >= 0.6 is 0 Å². The Morgan fingerprint density at radius 2 is 2.47 bits per heavy atom. The van der Waals surface area contributed by atoms with Crippen molar-refractivity contribution in [2.75, 3.05) is 13.2 Å². The van der Waals surface area contributed by atoms with Crippen LogP contribution in [-0.2, 0) is 22.5 Å². The lowest BCUT2D eigenvalue weighted by atomic mass is 9.98. The van der Waals surface area contributed by atoms with Crippen molar-refractivity contribution in [1.82, 2.24) is 10.5 Å². The van der Waals surface area contributed by atoms with E-state index in [0.29, 0.717) is 25.5 Å². The first-order chi connectivity index (χ1) is 9.28. The quantitative estimate of drug-likeness (QED) is 0.856. The van der Waals surface area contributed by atoms with E-state index >= 15 is 0 Å². The van der Waals surface area contributed by atoms with Crippen molar-refractivity contribution in [1.29, 1.82) is 0 Å². The van der Waals surface area contributed by atoms with Crippen LogP contribution in [0.2, 0.25) is 0 Å². The average molecular weight is 266 g/mol. The van der Waals surface area contributed by atoms with Gasteiger partial charge in [0.2, 0.25) is 5.91 Å². The van der Waals surface area contributed by atoms with E-state index in [2.05, 4.69) is 17.4 Å². The third-order valence-electron chi connectivity index (χ3n) is 3.30. The van der Waals surface area contributed by atoms with Gasteiger partial charge in [-0.3, -0.25) is 4.79 Å². The van der Waals surface area contributed by atoms with E-state index in [1.807, 2.05) is 6.07 Å². The maximum atomic E-state index is 11.8. The molecule has 1 aliphatic heterocycles. The van der Waals surface area contributed by atoms with Gasteiger partial charge >= 0.3 is 0 Å². The number of carbonyl (C=O) groups excluding carboxylic acids is 1. The van der Waals surface area contributed by atoms with Crippen LogP contribution in [0.4, 0.5) is 0 Å². The van der Waals surface area contributed by atoms with Gasteiger partial charge in [0.1, 0.15) is 0 Å². The fraction of sp³-hybridized carbons (Fsp3) is 0.714. The van der Waals surface area contributed by atoms with Crippen molar-refractivity contribution in [3.63, 3.8) is 0 Å². The fourth-order valence-electron chi connectivity index (χ4n) is 2.30. The van der Waals surface area contributed by atoms with Gasteiger partial charge in [0.15, 0.2) is 5.76 Å². The topological polar surface area (TPSA) is 64.4 Å². The summed E-state index contributed by atoms with van der Waals surface area (Å²) >= 11 is 0. The lowest BCUT2D eigenvalue weighted by Gasteiger charge is -2.21. The minimum absolute atomic E-state index is 0.0592. The third kappa shape index (κ3) is 4.67. The lowest BCUT2D eigenvalue weighted by Crippen LogP contribution is -2.28. The summed E-state index contributed by atoms with van der Waals surface area (Å²) in [6.45, 7) is 4.05. The highest BCUT2D eigenvalue weighted by atomic mass is 16.5. The molecular formula is C14H22N2O3. The minimum Gasteiger partial charge on any atom is -0.381 e. The van der Waals surface area contributed by atoms with Gasteiger partial charge < -0.3 is 14.6 Å². The van der Waals surface area contributed by atoms with Crippen LogP contribution in [0.5, 0.6) is 0 Å². The van der Waals surface area contributed by atoms with Gasteiger partial charge in [-0.1, -0.05) is 18.5 Å². The van der Waals surface area contributed by atoms with Crippen LogP contribution in [0.1, 0.15) is 44.1 Å². The molecule has 5 nitrogen and oxygen atoms in total. The van der Waals surface area contributed by atoms with Crippen molar-refractivity contribution < 1.29 is 14.1 Å². The summed E-state index contributed by atoms with van der Waals surface area (Å²) < 4.78 is 10.5. The van der Waals surface area contributed by atoms with E-state index in [9.17, 15) is 4.79 Å². The molecular weight excluding hydrogens is 244 g/mol. The number of rotatable bonds is 6. The van der Waals surface area contributed by atoms with Gasteiger partial charge in [-0.15, -0.1) is 0 Å². The zero-order valence-corrected chi connectivity index (χ0v) is 11.5. The summed E-state index contributed by atoms with van der Waals surface area (Å²) in [5.41, 5.74) is 0.951. The summed E-state index contributed by atoms with van der Waals surface area (Å²) in [5, 5.41) is 6.83. The second-order valence-corrected chi connectivity index (χ2v) is 5.10. The third-order valence-corrected chi connectivity index (χ3v) is 3.30. The number of nitrogens with zero attached hydrogens (tertiary/aromatic N) is 1. The number of aromatic nitrogens is 1. The minimum atomic E-state index is 0.0592. The molecule has 1 aromatic rings. The normalized spacial score (nSPS) is 19.3. The van der Waals surface area contributed by atoms with E-state index in [-0.39, 0.29) is 5.91 Å². The highest BCUT2D eigenvalue weighted by Gasteiger charge is 2.17. The monoisotopic (exact) mass is 266 g/mol. The second-order valence-electron chi connectivity index (χ2n) is 5.10. The molecule has 2 heterocycles. The number of hydrogen-bond acceptors (Lipinski definition) is 4. The number of carbonyl (C=O) groups is 1. The molecule has 1 N–H and O–H groups in total. The smallest absolute Gasteiger partial charge is 0.220 e. The Labute approximate surface area is 113 Å². The highest BCUT2D eigenvalue weighted by Crippen LogP contribution is 2.16. The first-order valence-corrected chi connectivity index (χ1v) is 7.07. The number of hydrogen-bond donors (Lipinski definition) is 1. The van der Waals surface area contributed by atoms with Gasteiger partial charge in [-0.05, 0) is 25.2 Å². The molecule has 0 aromatic carbocycles. The standard InChI is InChI=1S/C14H22N2O3/c1-2-4-12-8-13(19-16-12)9-15-14(17)7-11-5-3-6-18-10-11/h8,11H,2-7,9-10H2,1H3,(H,15,17). The molecule has 1 amide bonds. The summed E-state index contributed by atoms with van der Waals surface area (Å²) in [6.07, 6.45) is 4.63. The zero-order chi connectivity index (χ0) is 13.5. The molecule has 0 radical (unpaired) electrons. The summed E-state index contributed by atoms with van der Waals surface area (Å²) in [7, 11) is 0. The predicted molar refractivity (Wildman–Crippen MR) is 70.5 cm³/mol. The van der Waals surface area contributed by atoms with Crippen molar-refractivity contribution in [2.45, 2.75) is 45.6 Å². The molecule has 1 aliphatic rings. The van der Waals surface area contributed by atoms with Crippen molar-refractivity contribution in [2.24, 2.45) is 5.92 Å². The molecule has 1 aromatic heterocycles. The molecule has 5 heteroatoms. The predicted octanol–water partition coefficient (Wildman–Crippen LogP) is 2.06. The average Bonchev–Trinajstić information content (AvgIpc) is 2.86. The first kappa shape index (κ1) is 14.1. The van der Waals surface area contributed by atoms with Crippen molar-refractivity contribution >= 4 is 5.91 Å². The number of amides is 1. The van der Waals surface area contributed by atoms with E-state index < -0.39 is 0 Å². The number of aryl methyl sites for hydroxylation is 1. The Balaban J connectivity index is 1.69. The van der Waals surface area contributed by atoms with Gasteiger partial charge in [0.05, 0.1) is 12.2 Å². The summed E-state index contributed by atoms with van der Waals surface area (Å²) in [5.74, 6) is 1.14. The Hall–Kier alpha value is -1.36. The Morgan fingerprint density at radius 3 is 3.21 bits per heavy atom. The molecule has 1 unspecified atom stereocenters. The molecule has 0 spiro atoms. The first-order valence-electron chi connectivity index (χ1n) is 7.07. The largest absolute Gasteiger partial charge is 0.381 e. The van der Waals surface area contributed by atoms with Crippen LogP contribution < -0.4 is 5.32 Å². The van der Waals surface area contributed by atoms with E-state index in [1.165, 1.54) is 0 Å². The molecule has 106 valence electrons. The van der Waals surface area contributed by atoms with Crippen molar-refractivity contribution in [3.8, 4) is 0 Å². The Bertz CT molecular complexity index is 397. The lowest BCUT2D eigenvalue weighted by molar-refractivity contribution is -0.123. The molecule has 0 bridgehead atoms. The second kappa shape index (κ2) is 7.28. The molecule has 19 heavy (non-hydrogen) atoms. The van der Waals surface area contributed by atoms with Gasteiger partial charge in [-0.2, -0.15) is 0 Å². The molecule has 1 saturated heterocycles. The fourth-order valence-corrected chi connectivity index (χ4v) is 2.30. The molecule has 1 fully saturated rings. The van der Waals surface area contributed by atoms with Gasteiger partial charge in [0.25, 0.3) is 0 Å². The summed E-state index contributed by atoms with van der Waals surface area (Å²) in [6, 6.07) is 1.91. The number of ether oxygens (including phenoxy) is 1. The molecule has 2 rings (SSSR count). The van der Waals surface area contributed by atoms with E-state index in [1.54, 1.807) is 0 Å². The Kier molecular flexibility index (Phi) is 5.39. The van der Waals surface area contributed by atoms with Crippen LogP contribution in [0.3, 0.4) is 0 Å². The number of nitrogens with one attached hydrogen (secondary N) is 1. The highest BCUT2D eigenvalue weighted by molar-refractivity contribution is 5.76. The van der Waals surface area contributed by atoms with Crippen molar-refractivity contribution in [3.05, 3.63) is 17.5 Å². The van der Waals surface area contributed by atoms with Gasteiger partial charge in [-0.25, -0.2) is 0 Å². The van der Waals surface area contributed by atoms with Crippen LogP contribution in [-0.4, -0.2) is 24.3 Å². The van der Waals surface area contributed by atoms with Crippen LogP contribution in [0, 0.1) is 5.92 Å². The Morgan fingerprint density at radius 1 is 1.58 bits per heavy atom. The molecule has 0 aliphatic carbocycles. The van der Waals surface area contributed by atoms with Crippen LogP contribution in [0.25, 0.3) is 0 Å². The van der Waals surface area contributed by atoms with Gasteiger partial charge in [0, 0.05) is 25.7 Å². The van der Waals surface area contributed by atoms with Crippen LogP contribution in [0.15, 0.2) is 10.6 Å². The SMILES string of the molecule is CCCc1cc(CNC(=O)CC2CCCOC2)on1.